The van der Waals surface area contributed by atoms with Gasteiger partial charge in [-0.2, -0.15) is 4.31 Å². The van der Waals surface area contributed by atoms with E-state index in [1.165, 1.54) is 29.4 Å². The first-order valence-corrected chi connectivity index (χ1v) is 11.2. The third-order valence-corrected chi connectivity index (χ3v) is 6.87. The Morgan fingerprint density at radius 3 is 2.32 bits per heavy atom. The lowest BCUT2D eigenvalue weighted by Gasteiger charge is -2.18. The highest BCUT2D eigenvalue weighted by atomic mass is 32.2. The Morgan fingerprint density at radius 1 is 1.11 bits per heavy atom. The Kier molecular flexibility index (Phi) is 8.28. The highest BCUT2D eigenvalue weighted by molar-refractivity contribution is 7.99. The van der Waals surface area contributed by atoms with E-state index in [9.17, 15) is 13.2 Å². The number of pyridine rings is 1. The molecule has 7 nitrogen and oxygen atoms in total. The summed E-state index contributed by atoms with van der Waals surface area (Å²) in [4.78, 5) is 15.8. The zero-order valence-corrected chi connectivity index (χ0v) is 17.8. The van der Waals surface area contributed by atoms with Gasteiger partial charge >= 0.3 is 5.97 Å². The van der Waals surface area contributed by atoms with Crippen molar-refractivity contribution in [2.75, 3.05) is 32.6 Å². The van der Waals surface area contributed by atoms with E-state index >= 15 is 0 Å². The second-order valence-corrected chi connectivity index (χ2v) is 8.69. The van der Waals surface area contributed by atoms with Crippen LogP contribution in [0, 0.1) is 0 Å². The molecule has 0 radical (unpaired) electrons. The van der Waals surface area contributed by atoms with Crippen molar-refractivity contribution in [3.05, 3.63) is 48.2 Å². The third-order valence-electron chi connectivity index (χ3n) is 3.93. The molecule has 9 heteroatoms. The van der Waals surface area contributed by atoms with Gasteiger partial charge in [0.2, 0.25) is 10.0 Å². The fourth-order valence-electron chi connectivity index (χ4n) is 2.43. The van der Waals surface area contributed by atoms with Gasteiger partial charge in [-0.05, 0) is 36.4 Å². The minimum absolute atomic E-state index is 0.197. The Labute approximate surface area is 170 Å². The molecular weight excluding hydrogens is 400 g/mol. The molecule has 0 aliphatic rings. The van der Waals surface area contributed by atoms with Gasteiger partial charge in [-0.15, -0.1) is 11.8 Å². The lowest BCUT2D eigenvalue weighted by atomic mass is 10.2. The molecule has 2 aromatic rings. The normalized spacial score (nSPS) is 11.4. The predicted molar refractivity (Wildman–Crippen MR) is 108 cm³/mol. The summed E-state index contributed by atoms with van der Waals surface area (Å²) in [5.41, 5.74) is 0.466. The Morgan fingerprint density at radius 2 is 1.79 bits per heavy atom. The minimum Gasteiger partial charge on any atom is -0.493 e. The van der Waals surface area contributed by atoms with Gasteiger partial charge < -0.3 is 9.47 Å². The summed E-state index contributed by atoms with van der Waals surface area (Å²) in [6, 6.07) is 9.99. The topological polar surface area (TPSA) is 85.8 Å². The SMILES string of the molecule is CCN(CC)S(=O)(=O)c1ccc(SCCOc2ccc(C(=O)OC)cc2)nc1. The number of hydrogen-bond acceptors (Lipinski definition) is 7. The zero-order valence-electron chi connectivity index (χ0n) is 16.1. The molecule has 0 aliphatic heterocycles. The number of methoxy groups -OCH3 is 1. The summed E-state index contributed by atoms with van der Waals surface area (Å²) < 4.78 is 36.6. The molecule has 0 aliphatic carbocycles. The number of ether oxygens (including phenoxy) is 2. The summed E-state index contributed by atoms with van der Waals surface area (Å²) in [5.74, 6) is 0.912. The monoisotopic (exact) mass is 424 g/mol. The first kappa shape index (κ1) is 22.2. The van der Waals surface area contributed by atoms with E-state index in [1.807, 2.05) is 13.8 Å². The number of nitrogens with zero attached hydrogens (tertiary/aromatic N) is 2. The van der Waals surface area contributed by atoms with Crippen molar-refractivity contribution >= 4 is 27.8 Å². The number of hydrogen-bond donors (Lipinski definition) is 0. The first-order chi connectivity index (χ1) is 13.4. The van der Waals surface area contributed by atoms with Crippen molar-refractivity contribution in [3.8, 4) is 5.75 Å². The number of esters is 1. The molecule has 0 amide bonds. The van der Waals surface area contributed by atoms with Crippen LogP contribution in [-0.4, -0.2) is 56.2 Å². The molecule has 1 aromatic heterocycles. The molecule has 0 fully saturated rings. The van der Waals surface area contributed by atoms with Crippen molar-refractivity contribution in [1.82, 2.24) is 9.29 Å². The second-order valence-electron chi connectivity index (χ2n) is 5.63. The number of sulfonamides is 1. The molecule has 0 saturated heterocycles. The quantitative estimate of drug-likeness (QED) is 0.329. The van der Waals surface area contributed by atoms with Gasteiger partial charge in [0.15, 0.2) is 0 Å². The van der Waals surface area contributed by atoms with Crippen LogP contribution < -0.4 is 4.74 Å². The summed E-state index contributed by atoms with van der Waals surface area (Å²) in [6.45, 7) is 4.91. The van der Waals surface area contributed by atoms with E-state index in [-0.39, 0.29) is 10.9 Å². The highest BCUT2D eigenvalue weighted by Gasteiger charge is 2.21. The molecule has 0 unspecified atom stereocenters. The van der Waals surface area contributed by atoms with Crippen LogP contribution in [-0.2, 0) is 14.8 Å². The Hall–Kier alpha value is -2.10. The number of carbonyl (C=O) groups excluding carboxylic acids is 1. The molecule has 0 saturated carbocycles. The average Bonchev–Trinajstić information content (AvgIpc) is 2.72. The van der Waals surface area contributed by atoms with E-state index in [0.717, 1.165) is 5.03 Å². The Bertz CT molecular complexity index is 864. The largest absolute Gasteiger partial charge is 0.493 e. The fraction of sp³-hybridized carbons (Fsp3) is 0.368. The minimum atomic E-state index is -3.49. The van der Waals surface area contributed by atoms with Crippen molar-refractivity contribution in [1.29, 1.82) is 0 Å². The molecule has 28 heavy (non-hydrogen) atoms. The van der Waals surface area contributed by atoms with Crippen LogP contribution in [0.25, 0.3) is 0 Å². The zero-order chi connectivity index (χ0) is 20.6. The smallest absolute Gasteiger partial charge is 0.337 e. The van der Waals surface area contributed by atoms with Crippen LogP contribution in [0.15, 0.2) is 52.5 Å². The molecule has 1 heterocycles. The maximum Gasteiger partial charge on any atom is 0.337 e. The van der Waals surface area contributed by atoms with Gasteiger partial charge in [0, 0.05) is 25.0 Å². The van der Waals surface area contributed by atoms with Crippen LogP contribution in [0.4, 0.5) is 0 Å². The number of thioether (sulfide) groups is 1. The highest BCUT2D eigenvalue weighted by Crippen LogP contribution is 2.20. The van der Waals surface area contributed by atoms with Gasteiger partial charge in [-0.25, -0.2) is 18.2 Å². The fourth-order valence-corrected chi connectivity index (χ4v) is 4.50. The predicted octanol–water partition coefficient (Wildman–Crippen LogP) is 3.07. The molecule has 0 N–H and O–H groups in total. The van der Waals surface area contributed by atoms with Gasteiger partial charge in [0.1, 0.15) is 10.6 Å². The van der Waals surface area contributed by atoms with Crippen molar-refractivity contribution < 1.29 is 22.7 Å². The van der Waals surface area contributed by atoms with Crippen LogP contribution in [0.1, 0.15) is 24.2 Å². The molecule has 0 bridgehead atoms. The number of benzene rings is 1. The van der Waals surface area contributed by atoms with Crippen LogP contribution in [0.5, 0.6) is 5.75 Å². The van der Waals surface area contributed by atoms with Crippen LogP contribution >= 0.6 is 11.8 Å². The summed E-state index contributed by atoms with van der Waals surface area (Å²) in [7, 11) is -2.15. The van der Waals surface area contributed by atoms with E-state index in [0.29, 0.717) is 36.8 Å². The van der Waals surface area contributed by atoms with Crippen molar-refractivity contribution in [2.45, 2.75) is 23.8 Å². The van der Waals surface area contributed by atoms with Gasteiger partial charge in [-0.1, -0.05) is 13.8 Å². The van der Waals surface area contributed by atoms with Gasteiger partial charge in [0.05, 0.1) is 24.3 Å². The van der Waals surface area contributed by atoms with E-state index in [2.05, 4.69) is 9.72 Å². The van der Waals surface area contributed by atoms with E-state index in [4.69, 9.17) is 4.74 Å². The maximum absolute atomic E-state index is 12.4. The van der Waals surface area contributed by atoms with Gasteiger partial charge in [0.25, 0.3) is 0 Å². The average molecular weight is 425 g/mol. The van der Waals surface area contributed by atoms with Gasteiger partial charge in [-0.3, -0.25) is 0 Å². The van der Waals surface area contributed by atoms with Crippen molar-refractivity contribution in [3.63, 3.8) is 0 Å². The lowest BCUT2D eigenvalue weighted by molar-refractivity contribution is 0.0600. The Balaban J connectivity index is 1.84. The summed E-state index contributed by atoms with van der Waals surface area (Å²) in [5, 5.41) is 0.725. The third kappa shape index (κ3) is 5.70. The van der Waals surface area contributed by atoms with E-state index in [1.54, 1.807) is 36.4 Å². The van der Waals surface area contributed by atoms with Crippen LogP contribution in [0.3, 0.4) is 0 Å². The van der Waals surface area contributed by atoms with Crippen molar-refractivity contribution in [2.24, 2.45) is 0 Å². The maximum atomic E-state index is 12.4. The standard InChI is InChI=1S/C19H24N2O5S2/c1-4-21(5-2)28(23,24)17-10-11-18(20-14-17)27-13-12-26-16-8-6-15(7-9-16)19(22)25-3/h6-11,14H,4-5,12-13H2,1-3H3. The number of rotatable bonds is 10. The molecule has 1 aromatic carbocycles. The number of aromatic nitrogens is 1. The second kappa shape index (κ2) is 10.4. The molecule has 0 spiro atoms. The first-order valence-electron chi connectivity index (χ1n) is 8.82. The summed E-state index contributed by atoms with van der Waals surface area (Å²) in [6.07, 6.45) is 1.39. The summed E-state index contributed by atoms with van der Waals surface area (Å²) >= 11 is 1.47. The number of carbonyl (C=O) groups is 1. The van der Waals surface area contributed by atoms with Crippen LogP contribution in [0.2, 0.25) is 0 Å². The lowest BCUT2D eigenvalue weighted by Crippen LogP contribution is -2.30. The molecule has 2 rings (SSSR count). The molecule has 0 atom stereocenters. The van der Waals surface area contributed by atoms with E-state index < -0.39 is 10.0 Å². The molecule has 152 valence electrons. The molecular formula is C19H24N2O5S2.